The van der Waals surface area contributed by atoms with E-state index >= 15 is 0 Å². The highest BCUT2D eigenvalue weighted by Gasteiger charge is 2.08. The smallest absolute Gasteiger partial charge is 0.257 e. The summed E-state index contributed by atoms with van der Waals surface area (Å²) >= 11 is 0. The highest BCUT2D eigenvalue weighted by Crippen LogP contribution is 2.17. The van der Waals surface area contributed by atoms with Gasteiger partial charge >= 0.3 is 0 Å². The van der Waals surface area contributed by atoms with Crippen LogP contribution in [0.3, 0.4) is 0 Å². The van der Waals surface area contributed by atoms with E-state index in [2.05, 4.69) is 10.3 Å². The Morgan fingerprint density at radius 1 is 1.33 bits per heavy atom. The van der Waals surface area contributed by atoms with Crippen LogP contribution in [-0.4, -0.2) is 10.9 Å². The molecule has 3 N–H and O–H groups in total. The van der Waals surface area contributed by atoms with Gasteiger partial charge in [-0.15, -0.1) is 0 Å². The highest BCUT2D eigenvalue weighted by molar-refractivity contribution is 6.04. The molecule has 0 unspecified atom stereocenters. The van der Waals surface area contributed by atoms with Crippen LogP contribution in [-0.2, 0) is 0 Å². The van der Waals surface area contributed by atoms with Crippen molar-refractivity contribution >= 4 is 17.3 Å². The van der Waals surface area contributed by atoms with Gasteiger partial charge in [0.1, 0.15) is 5.82 Å². The zero-order chi connectivity index (χ0) is 13.1. The van der Waals surface area contributed by atoms with Crippen molar-refractivity contribution in [2.75, 3.05) is 11.1 Å². The van der Waals surface area contributed by atoms with Gasteiger partial charge in [-0.3, -0.25) is 9.78 Å². The molecule has 0 saturated carbocycles. The summed E-state index contributed by atoms with van der Waals surface area (Å²) in [6, 6.07) is 6.31. The lowest BCUT2D eigenvalue weighted by Gasteiger charge is -2.07. The zero-order valence-corrected chi connectivity index (χ0v) is 9.77. The van der Waals surface area contributed by atoms with Crippen molar-refractivity contribution in [1.29, 1.82) is 0 Å². The van der Waals surface area contributed by atoms with Gasteiger partial charge in [-0.1, -0.05) is 6.07 Å². The number of amides is 1. The topological polar surface area (TPSA) is 68.0 Å². The number of hydrogen-bond donors (Lipinski definition) is 2. The first-order chi connectivity index (χ1) is 8.56. The largest absolute Gasteiger partial charge is 0.398 e. The van der Waals surface area contributed by atoms with Crippen molar-refractivity contribution in [3.05, 3.63) is 53.6 Å². The quantitative estimate of drug-likeness (QED) is 0.798. The predicted molar refractivity (Wildman–Crippen MR) is 67.7 cm³/mol. The van der Waals surface area contributed by atoms with Crippen LogP contribution in [0.1, 0.15) is 15.9 Å². The van der Waals surface area contributed by atoms with Crippen molar-refractivity contribution in [3.8, 4) is 0 Å². The fraction of sp³-hybridized carbons (Fsp3) is 0.0769. The number of anilines is 2. The summed E-state index contributed by atoms with van der Waals surface area (Å²) in [6.07, 6.45) is 2.34. The molecule has 2 rings (SSSR count). The molecule has 0 bridgehead atoms. The fourth-order valence-electron chi connectivity index (χ4n) is 1.46. The third kappa shape index (κ3) is 2.63. The Labute approximate surface area is 104 Å². The normalized spacial score (nSPS) is 10.1. The zero-order valence-electron chi connectivity index (χ0n) is 9.77. The predicted octanol–water partition coefficient (Wildman–Crippen LogP) is 2.36. The summed E-state index contributed by atoms with van der Waals surface area (Å²) in [5, 5.41) is 2.63. The van der Waals surface area contributed by atoms with E-state index in [1.54, 1.807) is 18.2 Å². The molecular weight excluding hydrogens is 233 g/mol. The fourth-order valence-corrected chi connectivity index (χ4v) is 1.46. The van der Waals surface area contributed by atoms with Gasteiger partial charge in [-0.25, -0.2) is 4.39 Å². The van der Waals surface area contributed by atoms with Crippen molar-refractivity contribution in [1.82, 2.24) is 4.98 Å². The van der Waals surface area contributed by atoms with Gasteiger partial charge in [0.2, 0.25) is 0 Å². The summed E-state index contributed by atoms with van der Waals surface area (Å²) in [5.41, 5.74) is 7.98. The van der Waals surface area contributed by atoms with Crippen LogP contribution in [0.15, 0.2) is 36.7 Å². The molecule has 1 amide bonds. The maximum atomic E-state index is 12.9. The number of aryl methyl sites for hydroxylation is 1. The standard InChI is InChI=1S/C13H12FN3O/c1-8-2-3-11(5-12(8)15)17-13(18)9-4-10(14)7-16-6-9/h2-7H,15H2,1H3,(H,17,18). The van der Waals surface area contributed by atoms with Crippen LogP contribution in [0.2, 0.25) is 0 Å². The second-order valence-corrected chi connectivity index (χ2v) is 3.92. The van der Waals surface area contributed by atoms with Gasteiger partial charge in [0.25, 0.3) is 5.91 Å². The number of nitrogens with one attached hydrogen (secondary N) is 1. The van der Waals surface area contributed by atoms with Crippen molar-refractivity contribution in [2.24, 2.45) is 0 Å². The Bertz CT molecular complexity index is 599. The maximum Gasteiger partial charge on any atom is 0.257 e. The number of aromatic nitrogens is 1. The molecule has 92 valence electrons. The maximum absolute atomic E-state index is 12.9. The number of halogens is 1. The van der Waals surface area contributed by atoms with E-state index in [0.717, 1.165) is 17.8 Å². The van der Waals surface area contributed by atoms with Crippen molar-refractivity contribution < 1.29 is 9.18 Å². The molecule has 0 atom stereocenters. The second-order valence-electron chi connectivity index (χ2n) is 3.92. The molecule has 0 saturated heterocycles. The van der Waals surface area contributed by atoms with E-state index in [0.29, 0.717) is 11.4 Å². The van der Waals surface area contributed by atoms with Crippen LogP contribution in [0, 0.1) is 12.7 Å². The lowest BCUT2D eigenvalue weighted by molar-refractivity contribution is 0.102. The SMILES string of the molecule is Cc1ccc(NC(=O)c2cncc(F)c2)cc1N. The first-order valence-electron chi connectivity index (χ1n) is 5.34. The molecule has 0 fully saturated rings. The summed E-state index contributed by atoms with van der Waals surface area (Å²) in [5.74, 6) is -0.976. The van der Waals surface area contributed by atoms with Crippen LogP contribution in [0.5, 0.6) is 0 Å². The number of carbonyl (C=O) groups excluding carboxylic acids is 1. The molecular formula is C13H12FN3O. The Hall–Kier alpha value is -2.43. The second kappa shape index (κ2) is 4.83. The number of nitrogens with zero attached hydrogens (tertiary/aromatic N) is 1. The van der Waals surface area contributed by atoms with Crippen LogP contribution < -0.4 is 11.1 Å². The van der Waals surface area contributed by atoms with E-state index in [9.17, 15) is 9.18 Å². The Morgan fingerprint density at radius 3 is 2.78 bits per heavy atom. The first-order valence-corrected chi connectivity index (χ1v) is 5.34. The molecule has 1 aromatic carbocycles. The van der Waals surface area contributed by atoms with Gasteiger partial charge < -0.3 is 11.1 Å². The summed E-state index contributed by atoms with van der Waals surface area (Å²) in [4.78, 5) is 15.4. The van der Waals surface area contributed by atoms with E-state index < -0.39 is 11.7 Å². The molecule has 0 aliphatic carbocycles. The molecule has 2 aromatic rings. The van der Waals surface area contributed by atoms with Gasteiger partial charge in [0, 0.05) is 17.6 Å². The Morgan fingerprint density at radius 2 is 2.11 bits per heavy atom. The van der Waals surface area contributed by atoms with E-state index in [4.69, 9.17) is 5.73 Å². The molecule has 1 heterocycles. The number of hydrogen-bond acceptors (Lipinski definition) is 3. The lowest BCUT2D eigenvalue weighted by atomic mass is 10.2. The first kappa shape index (κ1) is 12.0. The summed E-state index contributed by atoms with van der Waals surface area (Å²) in [7, 11) is 0. The molecule has 0 aliphatic rings. The number of rotatable bonds is 2. The molecule has 1 aromatic heterocycles. The average Bonchev–Trinajstić information content (AvgIpc) is 2.34. The summed E-state index contributed by atoms with van der Waals surface area (Å²) < 4.78 is 12.9. The van der Waals surface area contributed by atoms with E-state index in [-0.39, 0.29) is 5.56 Å². The molecule has 5 heteroatoms. The minimum atomic E-state index is -0.550. The number of nitrogen functional groups attached to an aromatic ring is 1. The number of carbonyl (C=O) groups is 1. The molecule has 4 nitrogen and oxygen atoms in total. The van der Waals surface area contributed by atoms with Gasteiger partial charge in [-0.05, 0) is 30.7 Å². The van der Waals surface area contributed by atoms with Crippen LogP contribution >= 0.6 is 0 Å². The van der Waals surface area contributed by atoms with E-state index in [1.807, 2.05) is 6.92 Å². The van der Waals surface area contributed by atoms with Crippen LogP contribution in [0.4, 0.5) is 15.8 Å². The van der Waals surface area contributed by atoms with Gasteiger partial charge in [0.05, 0.1) is 11.8 Å². The van der Waals surface area contributed by atoms with Crippen LogP contribution in [0.25, 0.3) is 0 Å². The minimum absolute atomic E-state index is 0.161. The van der Waals surface area contributed by atoms with Crippen molar-refractivity contribution in [3.63, 3.8) is 0 Å². The Balaban J connectivity index is 2.18. The number of benzene rings is 1. The summed E-state index contributed by atoms with van der Waals surface area (Å²) in [6.45, 7) is 1.87. The van der Waals surface area contributed by atoms with Gasteiger partial charge in [-0.2, -0.15) is 0 Å². The molecule has 18 heavy (non-hydrogen) atoms. The van der Waals surface area contributed by atoms with Gasteiger partial charge in [0.15, 0.2) is 0 Å². The average molecular weight is 245 g/mol. The Kier molecular flexibility index (Phi) is 3.23. The lowest BCUT2D eigenvalue weighted by Crippen LogP contribution is -2.12. The molecule has 0 aliphatic heterocycles. The molecule has 0 spiro atoms. The monoisotopic (exact) mass is 245 g/mol. The minimum Gasteiger partial charge on any atom is -0.398 e. The number of pyridine rings is 1. The number of nitrogens with two attached hydrogens (primary N) is 1. The third-order valence-electron chi connectivity index (χ3n) is 2.50. The third-order valence-corrected chi connectivity index (χ3v) is 2.50. The van der Waals surface area contributed by atoms with Crippen molar-refractivity contribution in [2.45, 2.75) is 6.92 Å². The van der Waals surface area contributed by atoms with E-state index in [1.165, 1.54) is 6.20 Å². The molecule has 0 radical (unpaired) electrons. The highest BCUT2D eigenvalue weighted by atomic mass is 19.1.